The molecule has 1 aliphatic heterocycles. The molecule has 0 atom stereocenters. The van der Waals surface area contributed by atoms with Crippen molar-refractivity contribution in [3.63, 3.8) is 0 Å². The minimum atomic E-state index is -0.233. The third kappa shape index (κ3) is 6.08. The molecule has 2 N–H and O–H groups in total. The number of hydrogen-bond donors (Lipinski definition) is 2. The van der Waals surface area contributed by atoms with E-state index < -0.39 is 0 Å². The summed E-state index contributed by atoms with van der Waals surface area (Å²) in [4.78, 5) is 26.5. The van der Waals surface area contributed by atoms with E-state index in [1.54, 1.807) is 24.3 Å². The van der Waals surface area contributed by atoms with E-state index in [0.717, 1.165) is 37.5 Å². The summed E-state index contributed by atoms with van der Waals surface area (Å²) in [6.07, 6.45) is 1.82. The van der Waals surface area contributed by atoms with Gasteiger partial charge in [0.25, 0.3) is 5.91 Å². The van der Waals surface area contributed by atoms with Crippen molar-refractivity contribution < 1.29 is 9.59 Å². The van der Waals surface area contributed by atoms with Crippen LogP contribution in [0.4, 0.5) is 0 Å². The van der Waals surface area contributed by atoms with Gasteiger partial charge in [0, 0.05) is 36.3 Å². The lowest BCUT2D eigenvalue weighted by atomic mass is 10.0. The van der Waals surface area contributed by atoms with Crippen molar-refractivity contribution in [3.05, 3.63) is 70.7 Å². The molecule has 2 aromatic rings. The lowest BCUT2D eigenvalue weighted by molar-refractivity contribution is -0.121. The van der Waals surface area contributed by atoms with Gasteiger partial charge in [0.2, 0.25) is 5.91 Å². The number of rotatable bonds is 6. The monoisotopic (exact) mass is 385 g/mol. The molecule has 0 aliphatic carbocycles. The second-order valence-electron chi connectivity index (χ2n) is 6.79. The molecule has 3 rings (SSSR count). The number of carbonyl (C=O) groups excluding carboxylic acids is 2. The summed E-state index contributed by atoms with van der Waals surface area (Å²) < 4.78 is 0. The van der Waals surface area contributed by atoms with E-state index in [1.807, 2.05) is 30.3 Å². The van der Waals surface area contributed by atoms with Gasteiger partial charge in [0.15, 0.2) is 0 Å². The van der Waals surface area contributed by atoms with Gasteiger partial charge in [-0.25, -0.2) is 0 Å². The molecule has 2 aromatic carbocycles. The molecule has 0 unspecified atom stereocenters. The number of likely N-dealkylation sites (tertiary alicyclic amines) is 1. The Bertz CT molecular complexity index is 757. The summed E-state index contributed by atoms with van der Waals surface area (Å²) in [7, 11) is 0. The van der Waals surface area contributed by atoms with Gasteiger partial charge in [-0.1, -0.05) is 41.9 Å². The number of carbonyl (C=O) groups is 2. The summed E-state index contributed by atoms with van der Waals surface area (Å²) in [5.41, 5.74) is 1.80. The smallest absolute Gasteiger partial charge is 0.251 e. The van der Waals surface area contributed by atoms with Gasteiger partial charge in [-0.2, -0.15) is 0 Å². The van der Waals surface area contributed by atoms with Crippen molar-refractivity contribution in [2.45, 2.75) is 25.4 Å². The maximum absolute atomic E-state index is 12.1. The van der Waals surface area contributed by atoms with Crippen molar-refractivity contribution in [1.82, 2.24) is 15.5 Å². The summed E-state index contributed by atoms with van der Waals surface area (Å²) in [5.74, 6) is -0.376. The molecule has 0 spiro atoms. The van der Waals surface area contributed by atoms with Crippen LogP contribution in [-0.2, 0) is 11.3 Å². The maximum atomic E-state index is 12.1. The molecular weight excluding hydrogens is 362 g/mol. The molecule has 0 aromatic heterocycles. The van der Waals surface area contributed by atoms with Gasteiger partial charge in [-0.15, -0.1) is 0 Å². The van der Waals surface area contributed by atoms with E-state index in [0.29, 0.717) is 5.56 Å². The fraction of sp³-hybridized carbons (Fsp3) is 0.333. The zero-order chi connectivity index (χ0) is 19.1. The Hall–Kier alpha value is -2.37. The van der Waals surface area contributed by atoms with Crippen LogP contribution >= 0.6 is 11.6 Å². The molecular formula is C21H24ClN3O2. The number of hydrogen-bond acceptors (Lipinski definition) is 3. The quantitative estimate of drug-likeness (QED) is 0.803. The standard InChI is InChI=1S/C21H24ClN3O2/c22-18-8-6-16(7-9-18)15-25-12-10-19(11-13-25)24-20(26)14-23-21(27)17-4-2-1-3-5-17/h1-9,19H,10-15H2,(H,23,27)(H,24,26). The van der Waals surface area contributed by atoms with E-state index in [4.69, 9.17) is 11.6 Å². The molecule has 0 radical (unpaired) electrons. The van der Waals surface area contributed by atoms with Crippen LogP contribution in [0.1, 0.15) is 28.8 Å². The van der Waals surface area contributed by atoms with E-state index in [2.05, 4.69) is 15.5 Å². The van der Waals surface area contributed by atoms with E-state index >= 15 is 0 Å². The minimum absolute atomic E-state index is 0.00127. The Labute approximate surface area is 164 Å². The van der Waals surface area contributed by atoms with Crippen molar-refractivity contribution in [2.75, 3.05) is 19.6 Å². The van der Waals surface area contributed by atoms with Gasteiger partial charge >= 0.3 is 0 Å². The fourth-order valence-corrected chi connectivity index (χ4v) is 3.34. The molecule has 1 saturated heterocycles. The average Bonchev–Trinajstić information content (AvgIpc) is 2.70. The molecule has 1 fully saturated rings. The number of nitrogens with one attached hydrogen (secondary N) is 2. The van der Waals surface area contributed by atoms with Crippen LogP contribution in [0.25, 0.3) is 0 Å². The fourth-order valence-electron chi connectivity index (χ4n) is 3.21. The Morgan fingerprint density at radius 1 is 1.00 bits per heavy atom. The Morgan fingerprint density at radius 2 is 1.67 bits per heavy atom. The van der Waals surface area contributed by atoms with Gasteiger partial charge in [0.05, 0.1) is 6.54 Å². The molecule has 142 valence electrons. The van der Waals surface area contributed by atoms with E-state index in [-0.39, 0.29) is 24.4 Å². The number of benzene rings is 2. The zero-order valence-electron chi connectivity index (χ0n) is 15.2. The molecule has 6 heteroatoms. The van der Waals surface area contributed by atoms with Crippen molar-refractivity contribution >= 4 is 23.4 Å². The highest BCUT2D eigenvalue weighted by molar-refractivity contribution is 6.30. The maximum Gasteiger partial charge on any atom is 0.251 e. The van der Waals surface area contributed by atoms with Crippen molar-refractivity contribution in [2.24, 2.45) is 0 Å². The second-order valence-corrected chi connectivity index (χ2v) is 7.23. The first-order valence-electron chi connectivity index (χ1n) is 9.19. The van der Waals surface area contributed by atoms with Gasteiger partial charge in [-0.05, 0) is 42.7 Å². The Kier molecular flexibility index (Phi) is 6.85. The number of nitrogens with zero attached hydrogens (tertiary/aromatic N) is 1. The summed E-state index contributed by atoms with van der Waals surface area (Å²) in [6.45, 7) is 2.76. The topological polar surface area (TPSA) is 61.4 Å². The first-order chi connectivity index (χ1) is 13.1. The van der Waals surface area contributed by atoms with E-state index in [9.17, 15) is 9.59 Å². The highest BCUT2D eigenvalue weighted by Gasteiger charge is 2.21. The van der Waals surface area contributed by atoms with Crippen molar-refractivity contribution in [3.8, 4) is 0 Å². The highest BCUT2D eigenvalue weighted by atomic mass is 35.5. The second kappa shape index (κ2) is 9.53. The number of piperidine rings is 1. The first-order valence-corrected chi connectivity index (χ1v) is 9.57. The third-order valence-corrected chi connectivity index (χ3v) is 4.97. The third-order valence-electron chi connectivity index (χ3n) is 4.72. The molecule has 1 heterocycles. The van der Waals surface area contributed by atoms with Gasteiger partial charge in [0.1, 0.15) is 0 Å². The molecule has 1 aliphatic rings. The van der Waals surface area contributed by atoms with Gasteiger partial charge < -0.3 is 10.6 Å². The molecule has 5 nitrogen and oxygen atoms in total. The van der Waals surface area contributed by atoms with Crippen LogP contribution in [-0.4, -0.2) is 42.4 Å². The SMILES string of the molecule is O=C(CNC(=O)c1ccccc1)NC1CCN(Cc2ccc(Cl)cc2)CC1. The largest absolute Gasteiger partial charge is 0.352 e. The summed E-state index contributed by atoms with van der Waals surface area (Å²) in [6, 6.07) is 17.0. The van der Waals surface area contributed by atoms with Crippen LogP contribution in [0, 0.1) is 0 Å². The van der Waals surface area contributed by atoms with Gasteiger partial charge in [-0.3, -0.25) is 14.5 Å². The molecule has 0 saturated carbocycles. The lowest BCUT2D eigenvalue weighted by Gasteiger charge is -2.32. The number of halogens is 1. The van der Waals surface area contributed by atoms with Crippen LogP contribution in [0.5, 0.6) is 0 Å². The summed E-state index contributed by atoms with van der Waals surface area (Å²) in [5, 5.41) is 6.43. The predicted molar refractivity (Wildman–Crippen MR) is 107 cm³/mol. The summed E-state index contributed by atoms with van der Waals surface area (Å²) >= 11 is 5.92. The lowest BCUT2D eigenvalue weighted by Crippen LogP contribution is -2.47. The van der Waals surface area contributed by atoms with Crippen LogP contribution in [0.2, 0.25) is 5.02 Å². The molecule has 2 amide bonds. The molecule has 27 heavy (non-hydrogen) atoms. The minimum Gasteiger partial charge on any atom is -0.352 e. The molecule has 0 bridgehead atoms. The zero-order valence-corrected chi connectivity index (χ0v) is 15.9. The van der Waals surface area contributed by atoms with E-state index in [1.165, 1.54) is 5.56 Å². The predicted octanol–water partition coefficient (Wildman–Crippen LogP) is 2.85. The first kappa shape index (κ1) is 19.4. The highest BCUT2D eigenvalue weighted by Crippen LogP contribution is 2.15. The normalized spacial score (nSPS) is 15.3. The number of amides is 2. The average molecular weight is 386 g/mol. The Morgan fingerprint density at radius 3 is 2.33 bits per heavy atom. The van der Waals surface area contributed by atoms with Crippen LogP contribution in [0.3, 0.4) is 0 Å². The van der Waals surface area contributed by atoms with Crippen LogP contribution < -0.4 is 10.6 Å². The van der Waals surface area contributed by atoms with Crippen LogP contribution in [0.15, 0.2) is 54.6 Å². The Balaban J connectivity index is 1.36. The van der Waals surface area contributed by atoms with Crippen molar-refractivity contribution in [1.29, 1.82) is 0 Å².